The van der Waals surface area contributed by atoms with Crippen molar-refractivity contribution in [2.45, 2.75) is 184 Å². The maximum atomic E-state index is 14.0. The molecule has 0 saturated heterocycles. The van der Waals surface area contributed by atoms with Gasteiger partial charge in [0.1, 0.15) is 11.2 Å². The molecule has 8 saturated carbocycles. The summed E-state index contributed by atoms with van der Waals surface area (Å²) in [6.45, 7) is 11.9. The maximum Gasteiger partial charge on any atom is 0.312 e. The number of aliphatic hydroxyl groups is 2. The van der Waals surface area contributed by atoms with E-state index < -0.39 is 33.2 Å². The van der Waals surface area contributed by atoms with Crippen LogP contribution < -0.4 is 0 Å². The zero-order valence-corrected chi connectivity index (χ0v) is 25.2. The monoisotopic (exact) mass is 609 g/mol. The predicted octanol–water partition coefficient (Wildman–Crippen LogP) is 8.64. The van der Waals surface area contributed by atoms with E-state index in [1.165, 1.54) is 38.5 Å². The number of esters is 2. The molecule has 8 rings (SSSR count). The second kappa shape index (κ2) is 11.6. The molecule has 2 N–H and O–H groups in total. The lowest BCUT2D eigenvalue weighted by Crippen LogP contribution is -2.67. The summed E-state index contributed by atoms with van der Waals surface area (Å²) in [6.07, 6.45) is 11.7. The van der Waals surface area contributed by atoms with E-state index in [0.717, 1.165) is 17.8 Å². The molecule has 3 unspecified atom stereocenters. The van der Waals surface area contributed by atoms with Crippen LogP contribution in [0.25, 0.3) is 0 Å². The van der Waals surface area contributed by atoms with Crippen LogP contribution in [0.1, 0.15) is 161 Å². The van der Waals surface area contributed by atoms with Gasteiger partial charge >= 0.3 is 11.9 Å². The smallest absolute Gasteiger partial charge is 0.312 e. The summed E-state index contributed by atoms with van der Waals surface area (Å²) in [4.78, 5) is 27.7. The number of hydrogen-bond acceptors (Lipinski definition) is 6. The van der Waals surface area contributed by atoms with Crippen LogP contribution in [-0.2, 0) is 19.1 Å². The molecule has 0 aromatic carbocycles. The third-order valence-corrected chi connectivity index (χ3v) is 12.6. The Balaban J connectivity index is 0.00000161. The molecule has 0 aromatic rings. The van der Waals surface area contributed by atoms with Crippen LogP contribution in [0.5, 0.6) is 0 Å². The molecule has 0 amide bonds. The van der Waals surface area contributed by atoms with E-state index in [1.54, 1.807) is 0 Å². The van der Waals surface area contributed by atoms with Crippen molar-refractivity contribution in [3.63, 3.8) is 0 Å². The second-order valence-electron chi connectivity index (χ2n) is 17.1. The predicted molar refractivity (Wildman–Crippen MR) is 174 cm³/mol. The molecular formula is C37H68O6. The highest BCUT2D eigenvalue weighted by Crippen LogP contribution is 2.65. The first-order chi connectivity index (χ1) is 17.9. The lowest BCUT2D eigenvalue weighted by Gasteiger charge is -2.62. The fourth-order valence-corrected chi connectivity index (χ4v) is 11.4. The lowest BCUT2D eigenvalue weighted by molar-refractivity contribution is -0.264. The molecule has 0 aliphatic heterocycles. The first-order valence-corrected chi connectivity index (χ1v) is 15.8. The molecule has 8 aliphatic rings. The molecule has 0 radical (unpaired) electrons. The summed E-state index contributed by atoms with van der Waals surface area (Å²) >= 11 is 0. The van der Waals surface area contributed by atoms with Crippen LogP contribution in [0.4, 0.5) is 0 Å². The zero-order valence-electron chi connectivity index (χ0n) is 25.2. The van der Waals surface area contributed by atoms with E-state index in [1.807, 2.05) is 27.7 Å². The number of hydrogen-bond donors (Lipinski definition) is 2. The Morgan fingerprint density at radius 2 is 1.16 bits per heavy atom. The van der Waals surface area contributed by atoms with Gasteiger partial charge in [0.15, 0.2) is 0 Å². The molecule has 8 fully saturated rings. The molecule has 252 valence electrons. The van der Waals surface area contributed by atoms with E-state index in [9.17, 15) is 19.8 Å². The van der Waals surface area contributed by atoms with E-state index >= 15 is 0 Å². The standard InChI is InChI=1S/C33H52O6.4CH4/c1-7-29(6,26(35)38-28(4,5)30-11-21-8-22(12-30)10-23(9-21)13-30)17-27(2,3)25(34)39-33-16-24-14-31(36,19-33)18-32(37,15-24)20-33;;;;/h21-24,36-37H,7-20H2,1-6H3;4*1H4. The lowest BCUT2D eigenvalue weighted by atomic mass is 9.46. The SMILES string of the molecule is C.C.C.C.CCC(C)(CC(C)(C)C(=O)OC12CC3CC(O)(CC(O)(C3)C1)C2)C(=O)OC(C)(C)C12CC3CC(CC(C3)C1)C2. The van der Waals surface area contributed by atoms with Crippen LogP contribution in [0.2, 0.25) is 0 Å². The van der Waals surface area contributed by atoms with Gasteiger partial charge in [-0.25, -0.2) is 0 Å². The number of carbonyl (C=O) groups is 2. The van der Waals surface area contributed by atoms with Crippen LogP contribution >= 0.6 is 0 Å². The highest BCUT2D eigenvalue weighted by atomic mass is 16.6. The minimum absolute atomic E-state index is 0. The molecule has 43 heavy (non-hydrogen) atoms. The van der Waals surface area contributed by atoms with E-state index in [0.29, 0.717) is 51.4 Å². The minimum atomic E-state index is -0.955. The highest BCUT2D eigenvalue weighted by Gasteiger charge is 2.65. The zero-order chi connectivity index (χ0) is 28.3. The van der Waals surface area contributed by atoms with Gasteiger partial charge < -0.3 is 19.7 Å². The topological polar surface area (TPSA) is 93.1 Å². The van der Waals surface area contributed by atoms with Crippen LogP contribution in [-0.4, -0.2) is 44.6 Å². The Kier molecular flexibility index (Phi) is 10.2. The molecule has 8 bridgehead atoms. The third kappa shape index (κ3) is 6.31. The van der Waals surface area contributed by atoms with E-state index in [4.69, 9.17) is 9.47 Å². The van der Waals surface area contributed by atoms with Crippen molar-refractivity contribution in [1.82, 2.24) is 0 Å². The van der Waals surface area contributed by atoms with Crippen molar-refractivity contribution < 1.29 is 29.3 Å². The Labute approximate surface area is 264 Å². The van der Waals surface area contributed by atoms with Gasteiger partial charge in [-0.05, 0) is 129 Å². The molecule has 6 heteroatoms. The highest BCUT2D eigenvalue weighted by molar-refractivity contribution is 5.81. The van der Waals surface area contributed by atoms with E-state index in [2.05, 4.69) is 13.8 Å². The van der Waals surface area contributed by atoms with Gasteiger partial charge in [-0.3, -0.25) is 9.59 Å². The van der Waals surface area contributed by atoms with Crippen molar-refractivity contribution in [2.24, 2.45) is 39.9 Å². The van der Waals surface area contributed by atoms with Crippen molar-refractivity contribution >= 4 is 11.9 Å². The van der Waals surface area contributed by atoms with Crippen molar-refractivity contribution in [3.05, 3.63) is 0 Å². The molecule has 3 atom stereocenters. The fraction of sp³-hybridized carbons (Fsp3) is 0.946. The van der Waals surface area contributed by atoms with Gasteiger partial charge in [0, 0.05) is 24.7 Å². The normalized spacial score (nSPS) is 41.5. The average Bonchev–Trinajstić information content (AvgIpc) is 2.74. The quantitative estimate of drug-likeness (QED) is 0.268. The summed E-state index contributed by atoms with van der Waals surface area (Å²) in [5.74, 6) is 1.97. The first kappa shape index (κ1) is 38.0. The molecule has 8 aliphatic carbocycles. The van der Waals surface area contributed by atoms with Gasteiger partial charge in [-0.2, -0.15) is 0 Å². The van der Waals surface area contributed by atoms with Gasteiger partial charge in [0.25, 0.3) is 0 Å². The van der Waals surface area contributed by atoms with Crippen molar-refractivity contribution in [2.75, 3.05) is 0 Å². The van der Waals surface area contributed by atoms with Gasteiger partial charge in [0.2, 0.25) is 0 Å². The Morgan fingerprint density at radius 3 is 1.58 bits per heavy atom. The van der Waals surface area contributed by atoms with E-state index in [-0.39, 0.29) is 53.0 Å². The fourth-order valence-electron chi connectivity index (χ4n) is 11.4. The van der Waals surface area contributed by atoms with Crippen LogP contribution in [0.15, 0.2) is 0 Å². The van der Waals surface area contributed by atoms with Gasteiger partial charge in [-0.1, -0.05) is 36.6 Å². The van der Waals surface area contributed by atoms with Crippen molar-refractivity contribution in [1.29, 1.82) is 0 Å². The molecule has 0 heterocycles. The summed E-state index contributed by atoms with van der Waals surface area (Å²) in [7, 11) is 0. The average molecular weight is 609 g/mol. The van der Waals surface area contributed by atoms with Gasteiger partial charge in [-0.15, -0.1) is 0 Å². The summed E-state index contributed by atoms with van der Waals surface area (Å²) in [6, 6.07) is 0. The molecular weight excluding hydrogens is 540 g/mol. The van der Waals surface area contributed by atoms with Crippen LogP contribution in [0.3, 0.4) is 0 Å². The first-order valence-electron chi connectivity index (χ1n) is 15.8. The minimum Gasteiger partial charge on any atom is -0.459 e. The summed E-state index contributed by atoms with van der Waals surface area (Å²) < 4.78 is 12.8. The Hall–Kier alpha value is -1.14. The Bertz CT molecular complexity index is 990. The largest absolute Gasteiger partial charge is 0.459 e. The van der Waals surface area contributed by atoms with Gasteiger partial charge in [0.05, 0.1) is 22.0 Å². The number of rotatable bonds is 8. The summed E-state index contributed by atoms with van der Waals surface area (Å²) in [5.41, 5.74) is -4.93. The molecule has 6 nitrogen and oxygen atoms in total. The number of carbonyl (C=O) groups excluding carboxylic acids is 2. The third-order valence-electron chi connectivity index (χ3n) is 12.6. The number of ether oxygens (including phenoxy) is 2. The molecule has 0 spiro atoms. The van der Waals surface area contributed by atoms with Crippen LogP contribution in [0, 0.1) is 39.9 Å². The maximum absolute atomic E-state index is 14.0. The molecule has 0 aromatic heterocycles. The Morgan fingerprint density at radius 1 is 0.698 bits per heavy atom. The second-order valence-corrected chi connectivity index (χ2v) is 17.1. The van der Waals surface area contributed by atoms with Crippen molar-refractivity contribution in [3.8, 4) is 0 Å². The summed E-state index contributed by atoms with van der Waals surface area (Å²) in [5, 5.41) is 22.3.